The molecule has 0 aromatic rings. The Morgan fingerprint density at radius 3 is 2.33 bits per heavy atom. The van der Waals surface area contributed by atoms with Crippen molar-refractivity contribution in [2.75, 3.05) is 0 Å². The van der Waals surface area contributed by atoms with Gasteiger partial charge >= 0.3 is 78.3 Å². The van der Waals surface area contributed by atoms with Crippen molar-refractivity contribution < 1.29 is 24.7 Å². The fourth-order valence-electron chi connectivity index (χ4n) is 1.18. The maximum atomic E-state index is 2.30. The zero-order valence-electron chi connectivity index (χ0n) is 7.46. The number of halogens is 2. The summed E-state index contributed by atoms with van der Waals surface area (Å²) in [5.74, 6) is 0.813. The van der Waals surface area contributed by atoms with E-state index in [-0.39, 0.29) is 24.8 Å². The molecule has 0 N–H and O–H groups in total. The minimum absolute atomic E-state index is 0. The zero-order chi connectivity index (χ0) is 7.56. The molecule has 0 aromatic heterocycles. The maximum Gasteiger partial charge on any atom is -0.147 e. The second kappa shape index (κ2) is 7.36. The second-order valence-corrected chi connectivity index (χ2v) is 4.69. The normalized spacial score (nSPS) is 14.5. The van der Waals surface area contributed by atoms with Gasteiger partial charge in [-0.15, -0.1) is 24.8 Å². The molecule has 0 aromatic carbocycles. The Morgan fingerprint density at radius 2 is 2.00 bits per heavy atom. The number of hydrogen-bond acceptors (Lipinski definition) is 0. The van der Waals surface area contributed by atoms with Gasteiger partial charge < -0.3 is 0 Å². The monoisotopic (exact) mass is 283 g/mol. The molecule has 0 amide bonds. The smallest absolute Gasteiger partial charge is 0.147 e. The third-order valence-electron chi connectivity index (χ3n) is 1.66. The standard InChI is InChI=1S/C9H13.2ClH.Zr/c1-8(2)7-9-5-3-4-6-9;;;/h3,5,8H,4,7H2,1-2H3;2*1H;. The van der Waals surface area contributed by atoms with Gasteiger partial charge in [-0.05, 0) is 0 Å². The topological polar surface area (TPSA) is 0 Å². The average molecular weight is 285 g/mol. The summed E-state index contributed by atoms with van der Waals surface area (Å²) in [7, 11) is 0. The Morgan fingerprint density at radius 1 is 1.42 bits per heavy atom. The van der Waals surface area contributed by atoms with E-state index >= 15 is 0 Å². The first-order valence-electron chi connectivity index (χ1n) is 3.80. The van der Waals surface area contributed by atoms with Gasteiger partial charge in [0.05, 0.1) is 0 Å². The molecule has 0 heterocycles. The van der Waals surface area contributed by atoms with Gasteiger partial charge in [0.25, 0.3) is 0 Å². The van der Waals surface area contributed by atoms with E-state index in [1.54, 1.807) is 33.6 Å². The molecule has 3 heteroatoms. The molecule has 0 atom stereocenters. The van der Waals surface area contributed by atoms with E-state index in [0.717, 1.165) is 5.92 Å². The van der Waals surface area contributed by atoms with E-state index < -0.39 is 0 Å². The van der Waals surface area contributed by atoms with Crippen LogP contribution in [0.15, 0.2) is 21.0 Å². The quantitative estimate of drug-likeness (QED) is 0.726. The molecule has 0 fully saturated rings. The molecule has 1 aliphatic rings. The largest absolute Gasteiger partial charge is 0.147 e. The van der Waals surface area contributed by atoms with Gasteiger partial charge in [-0.1, -0.05) is 0 Å². The van der Waals surface area contributed by atoms with Crippen molar-refractivity contribution in [3.63, 3.8) is 0 Å². The third kappa shape index (κ3) is 4.85. The summed E-state index contributed by atoms with van der Waals surface area (Å²) < 4.78 is 1.65. The molecule has 0 bridgehead atoms. The molecule has 0 saturated heterocycles. The van der Waals surface area contributed by atoms with Crippen LogP contribution in [0.5, 0.6) is 0 Å². The Bertz CT molecular complexity index is 183. The Kier molecular flexibility index (Phi) is 9.45. The molecular weight excluding hydrogens is 270 g/mol. The van der Waals surface area contributed by atoms with Crippen molar-refractivity contribution in [2.45, 2.75) is 26.7 Å². The summed E-state index contributed by atoms with van der Waals surface area (Å²) in [4.78, 5) is 0. The van der Waals surface area contributed by atoms with Gasteiger partial charge in [0, 0.05) is 0 Å². The first-order chi connectivity index (χ1) is 4.70. The van der Waals surface area contributed by atoms with E-state index in [2.05, 4.69) is 26.0 Å². The first kappa shape index (κ1) is 15.4. The molecule has 0 spiro atoms. The van der Waals surface area contributed by atoms with Gasteiger partial charge in [0.15, 0.2) is 0 Å². The number of rotatable bonds is 2. The summed E-state index contributed by atoms with van der Waals surface area (Å²) in [6.45, 7) is 4.56. The van der Waals surface area contributed by atoms with Gasteiger partial charge in [-0.2, -0.15) is 0 Å². The van der Waals surface area contributed by atoms with E-state index in [1.165, 1.54) is 12.8 Å². The van der Waals surface area contributed by atoms with Crippen LogP contribution in [0.1, 0.15) is 26.7 Å². The van der Waals surface area contributed by atoms with Crippen LogP contribution in [0.3, 0.4) is 0 Å². The van der Waals surface area contributed by atoms with Crippen LogP contribution < -0.4 is 0 Å². The molecule has 0 nitrogen and oxygen atoms in total. The molecule has 1 aliphatic carbocycles. The van der Waals surface area contributed by atoms with E-state index in [0.29, 0.717) is 0 Å². The summed E-state index contributed by atoms with van der Waals surface area (Å²) >= 11 is 1.60. The SMILES string of the molecule is CC(C)CC1=[C]([Zr])CC=C1.Cl.Cl. The predicted molar refractivity (Wildman–Crippen MR) is 54.7 cm³/mol. The Labute approximate surface area is 103 Å². The maximum absolute atomic E-state index is 2.30. The number of hydrogen-bond donors (Lipinski definition) is 0. The first-order valence-corrected chi connectivity index (χ1v) is 5.03. The van der Waals surface area contributed by atoms with Crippen molar-refractivity contribution in [1.29, 1.82) is 0 Å². The van der Waals surface area contributed by atoms with Crippen molar-refractivity contribution in [3.05, 3.63) is 21.0 Å². The molecule has 0 saturated carbocycles. The molecule has 0 unspecified atom stereocenters. The van der Waals surface area contributed by atoms with Crippen LogP contribution in [-0.2, 0) is 24.7 Å². The Balaban J connectivity index is 0. The minimum Gasteiger partial charge on any atom is -0.147 e. The summed E-state index contributed by atoms with van der Waals surface area (Å²) in [5.41, 5.74) is 1.60. The summed E-state index contributed by atoms with van der Waals surface area (Å²) in [6.07, 6.45) is 7.07. The fourth-order valence-corrected chi connectivity index (χ4v) is 1.93. The van der Waals surface area contributed by atoms with Gasteiger partial charge in [-0.3, -0.25) is 0 Å². The van der Waals surface area contributed by atoms with Crippen molar-refractivity contribution in [2.24, 2.45) is 5.92 Å². The third-order valence-corrected chi connectivity index (χ3v) is 2.95. The van der Waals surface area contributed by atoms with E-state index in [9.17, 15) is 0 Å². The molecule has 0 radical (unpaired) electrons. The Hall–Kier alpha value is 0.943. The van der Waals surface area contributed by atoms with Crippen LogP contribution in [-0.4, -0.2) is 0 Å². The van der Waals surface area contributed by atoms with Crippen molar-refractivity contribution in [3.8, 4) is 0 Å². The van der Waals surface area contributed by atoms with E-state index in [4.69, 9.17) is 0 Å². The van der Waals surface area contributed by atoms with Crippen LogP contribution in [0.25, 0.3) is 0 Å². The van der Waals surface area contributed by atoms with Crippen molar-refractivity contribution >= 4 is 24.8 Å². The molecular formula is C9H15Cl2Zr. The fraction of sp³-hybridized carbons (Fsp3) is 0.556. The van der Waals surface area contributed by atoms with Gasteiger partial charge in [-0.25, -0.2) is 0 Å². The second-order valence-electron chi connectivity index (χ2n) is 3.21. The van der Waals surface area contributed by atoms with Crippen LogP contribution in [0, 0.1) is 5.92 Å². The van der Waals surface area contributed by atoms with Crippen LogP contribution in [0.4, 0.5) is 0 Å². The molecule has 1 rings (SSSR count). The summed E-state index contributed by atoms with van der Waals surface area (Å²) in [6, 6.07) is 0. The molecule has 0 aliphatic heterocycles. The van der Waals surface area contributed by atoms with Gasteiger partial charge in [0.2, 0.25) is 0 Å². The molecule has 12 heavy (non-hydrogen) atoms. The van der Waals surface area contributed by atoms with Crippen molar-refractivity contribution in [1.82, 2.24) is 0 Å². The van der Waals surface area contributed by atoms with Gasteiger partial charge in [0.1, 0.15) is 0 Å². The average Bonchev–Trinajstić information content (AvgIpc) is 2.15. The predicted octanol–water partition coefficient (Wildman–Crippen LogP) is 3.64. The van der Waals surface area contributed by atoms with Crippen LogP contribution >= 0.6 is 24.8 Å². The summed E-state index contributed by atoms with van der Waals surface area (Å²) in [5, 5.41) is 0. The minimum atomic E-state index is 0. The van der Waals surface area contributed by atoms with Crippen LogP contribution in [0.2, 0.25) is 0 Å². The van der Waals surface area contributed by atoms with E-state index in [1.807, 2.05) is 0 Å². The zero-order valence-corrected chi connectivity index (χ0v) is 11.6. The molecule has 69 valence electrons. The number of allylic oxidation sites excluding steroid dienone is 4.